The molecule has 0 radical (unpaired) electrons. The third-order valence-electron chi connectivity index (χ3n) is 5.35. The fourth-order valence-corrected chi connectivity index (χ4v) is 3.88. The molecule has 9 heteroatoms. The van der Waals surface area contributed by atoms with Gasteiger partial charge in [0.25, 0.3) is 0 Å². The second-order valence-electron chi connectivity index (χ2n) is 7.00. The highest BCUT2D eigenvalue weighted by atomic mass is 127. The molecule has 2 aromatic rings. The third-order valence-corrected chi connectivity index (χ3v) is 5.35. The zero-order valence-electron chi connectivity index (χ0n) is 16.2. The number of fused-ring (bicyclic) bond motifs is 1. The summed E-state index contributed by atoms with van der Waals surface area (Å²) in [4.78, 5) is 8.91. The van der Waals surface area contributed by atoms with Gasteiger partial charge in [-0.2, -0.15) is 0 Å². The topological polar surface area (TPSA) is 81.8 Å². The summed E-state index contributed by atoms with van der Waals surface area (Å²) < 4.78 is 2.24. The molecule has 2 N–H and O–H groups in total. The van der Waals surface area contributed by atoms with Crippen LogP contribution < -0.4 is 10.2 Å². The molecular weight excluding hydrogens is 469 g/mol. The van der Waals surface area contributed by atoms with Crippen molar-refractivity contribution < 1.29 is 5.11 Å². The second-order valence-corrected chi connectivity index (χ2v) is 7.00. The summed E-state index contributed by atoms with van der Waals surface area (Å²) in [7, 11) is 1.82. The Balaban J connectivity index is 0.00000225. The Kier molecular flexibility index (Phi) is 6.97. The summed E-state index contributed by atoms with van der Waals surface area (Å²) in [6.07, 6.45) is 3.42. The van der Waals surface area contributed by atoms with Crippen LogP contribution in [0.1, 0.15) is 24.5 Å². The quantitative estimate of drug-likeness (QED) is 0.383. The lowest BCUT2D eigenvalue weighted by molar-refractivity contribution is 0.368. The summed E-state index contributed by atoms with van der Waals surface area (Å²) in [5.41, 5.74) is 0.898. The van der Waals surface area contributed by atoms with E-state index in [0.717, 1.165) is 62.4 Å². The molecule has 1 aromatic carbocycles. The molecule has 1 fully saturated rings. The lowest BCUT2D eigenvalue weighted by atomic mass is 10.2. The monoisotopic (exact) mass is 497 g/mol. The smallest absolute Gasteiger partial charge is 0.194 e. The molecule has 0 atom stereocenters. The highest BCUT2D eigenvalue weighted by Crippen LogP contribution is 2.27. The molecule has 3 heterocycles. The van der Waals surface area contributed by atoms with Crippen molar-refractivity contribution in [2.75, 3.05) is 38.1 Å². The molecular formula is C19H28IN7O. The van der Waals surface area contributed by atoms with Crippen molar-refractivity contribution in [3.8, 4) is 5.75 Å². The first-order valence-electron chi connectivity index (χ1n) is 9.66. The van der Waals surface area contributed by atoms with E-state index >= 15 is 0 Å². The Morgan fingerprint density at radius 1 is 1.11 bits per heavy atom. The van der Waals surface area contributed by atoms with Gasteiger partial charge < -0.3 is 24.8 Å². The Morgan fingerprint density at radius 3 is 2.64 bits per heavy atom. The Labute approximate surface area is 182 Å². The van der Waals surface area contributed by atoms with Crippen LogP contribution in [-0.2, 0) is 19.5 Å². The van der Waals surface area contributed by atoms with Crippen LogP contribution in [-0.4, -0.2) is 64.0 Å². The molecule has 0 unspecified atom stereocenters. The number of hydrogen-bond acceptors (Lipinski definition) is 5. The van der Waals surface area contributed by atoms with Crippen LogP contribution in [0.15, 0.2) is 29.3 Å². The summed E-state index contributed by atoms with van der Waals surface area (Å²) in [5.74, 6) is 3.31. The normalized spacial score (nSPS) is 17.1. The number of benzene rings is 1. The molecule has 152 valence electrons. The van der Waals surface area contributed by atoms with Crippen LogP contribution in [0.4, 0.5) is 5.69 Å². The van der Waals surface area contributed by atoms with Crippen LogP contribution >= 0.6 is 24.0 Å². The number of aliphatic imine (C=N–C) groups is 1. The summed E-state index contributed by atoms with van der Waals surface area (Å²) in [6.45, 7) is 5.05. The van der Waals surface area contributed by atoms with Crippen molar-refractivity contribution in [3.63, 3.8) is 0 Å². The van der Waals surface area contributed by atoms with Crippen LogP contribution in [0.2, 0.25) is 0 Å². The predicted octanol–water partition coefficient (Wildman–Crippen LogP) is 1.84. The Hall–Kier alpha value is -2.04. The van der Waals surface area contributed by atoms with Gasteiger partial charge in [-0.15, -0.1) is 34.2 Å². The highest BCUT2D eigenvalue weighted by molar-refractivity contribution is 14.0. The van der Waals surface area contributed by atoms with E-state index in [1.54, 1.807) is 6.07 Å². The van der Waals surface area contributed by atoms with Crippen molar-refractivity contribution in [2.24, 2.45) is 4.99 Å². The van der Waals surface area contributed by atoms with E-state index in [1.807, 2.05) is 25.2 Å². The lowest BCUT2D eigenvalue weighted by Crippen LogP contribution is -2.52. The van der Waals surface area contributed by atoms with E-state index < -0.39 is 0 Å². The lowest BCUT2D eigenvalue weighted by Gasteiger charge is -2.37. The van der Waals surface area contributed by atoms with Gasteiger partial charge in [-0.3, -0.25) is 4.99 Å². The number of anilines is 1. The molecule has 0 amide bonds. The maximum absolute atomic E-state index is 10.1. The van der Waals surface area contributed by atoms with Gasteiger partial charge in [0.15, 0.2) is 11.8 Å². The number of aryl methyl sites for hydroxylation is 1. The van der Waals surface area contributed by atoms with Crippen molar-refractivity contribution in [2.45, 2.75) is 32.4 Å². The molecule has 0 saturated carbocycles. The number of rotatable bonds is 3. The summed E-state index contributed by atoms with van der Waals surface area (Å²) in [5, 5.41) is 22.2. The third kappa shape index (κ3) is 4.34. The van der Waals surface area contributed by atoms with Crippen LogP contribution in [0.5, 0.6) is 5.75 Å². The molecule has 2 aliphatic rings. The van der Waals surface area contributed by atoms with Crippen molar-refractivity contribution in [1.82, 2.24) is 25.0 Å². The molecule has 0 spiro atoms. The molecule has 1 saturated heterocycles. The minimum atomic E-state index is 0. The number of piperazine rings is 1. The number of aromatic nitrogens is 3. The van der Waals surface area contributed by atoms with Crippen molar-refractivity contribution >= 4 is 35.6 Å². The van der Waals surface area contributed by atoms with E-state index in [2.05, 4.69) is 34.9 Å². The van der Waals surface area contributed by atoms with Gasteiger partial charge in [0, 0.05) is 46.2 Å². The molecule has 4 rings (SSSR count). The number of nitrogens with one attached hydrogen (secondary N) is 1. The van der Waals surface area contributed by atoms with Gasteiger partial charge in [-0.05, 0) is 25.0 Å². The van der Waals surface area contributed by atoms with E-state index in [1.165, 1.54) is 12.8 Å². The van der Waals surface area contributed by atoms with Gasteiger partial charge >= 0.3 is 0 Å². The van der Waals surface area contributed by atoms with Gasteiger partial charge in [-0.25, -0.2) is 0 Å². The first-order valence-corrected chi connectivity index (χ1v) is 9.66. The number of phenolic OH excluding ortho intramolecular Hbond substituents is 1. The number of halogens is 1. The predicted molar refractivity (Wildman–Crippen MR) is 120 cm³/mol. The van der Waals surface area contributed by atoms with E-state index in [0.29, 0.717) is 12.3 Å². The molecule has 1 aromatic heterocycles. The Morgan fingerprint density at radius 2 is 1.89 bits per heavy atom. The van der Waals surface area contributed by atoms with Crippen molar-refractivity contribution in [3.05, 3.63) is 35.9 Å². The second kappa shape index (κ2) is 9.44. The minimum absolute atomic E-state index is 0. The zero-order chi connectivity index (χ0) is 18.6. The van der Waals surface area contributed by atoms with E-state index in [9.17, 15) is 5.11 Å². The zero-order valence-corrected chi connectivity index (χ0v) is 18.5. The number of nitrogens with zero attached hydrogens (tertiary/aromatic N) is 6. The molecule has 0 aliphatic carbocycles. The first-order chi connectivity index (χ1) is 13.3. The van der Waals surface area contributed by atoms with Gasteiger partial charge in [0.1, 0.15) is 11.6 Å². The number of para-hydroxylation sites is 2. The fourth-order valence-electron chi connectivity index (χ4n) is 3.88. The largest absolute Gasteiger partial charge is 0.506 e. The molecule has 2 aliphatic heterocycles. The number of hydrogen-bond donors (Lipinski definition) is 2. The maximum Gasteiger partial charge on any atom is 0.194 e. The van der Waals surface area contributed by atoms with Gasteiger partial charge in [0.05, 0.1) is 12.2 Å². The van der Waals surface area contributed by atoms with E-state index in [4.69, 9.17) is 0 Å². The number of guanidine groups is 1. The first kappa shape index (κ1) is 20.7. The molecule has 0 bridgehead atoms. The van der Waals surface area contributed by atoms with Crippen molar-refractivity contribution in [1.29, 1.82) is 0 Å². The Bertz CT molecular complexity index is 814. The van der Waals surface area contributed by atoms with Crippen LogP contribution in [0.25, 0.3) is 0 Å². The number of phenols is 1. The van der Waals surface area contributed by atoms with Gasteiger partial charge in [0.2, 0.25) is 0 Å². The SMILES string of the molecule is CN=C(NCc1nnc2n1CCCC2)N1CCN(c2ccccc2O)CC1.I. The standard InChI is InChI=1S/C19H27N7O.HI/c1-20-19(21-14-18-23-22-17-8-4-5-9-26(17)18)25-12-10-24(11-13-25)15-6-2-3-7-16(15)27;/h2-3,6-7,27H,4-5,8-14H2,1H3,(H,20,21);1H. The fraction of sp³-hybridized carbons (Fsp3) is 0.526. The summed E-state index contributed by atoms with van der Waals surface area (Å²) >= 11 is 0. The minimum Gasteiger partial charge on any atom is -0.506 e. The van der Waals surface area contributed by atoms with Gasteiger partial charge in [-0.1, -0.05) is 12.1 Å². The maximum atomic E-state index is 10.1. The molecule has 28 heavy (non-hydrogen) atoms. The van der Waals surface area contributed by atoms with Crippen LogP contribution in [0, 0.1) is 0 Å². The highest BCUT2D eigenvalue weighted by Gasteiger charge is 2.22. The average molecular weight is 497 g/mol. The number of aromatic hydroxyl groups is 1. The molecule has 8 nitrogen and oxygen atoms in total. The van der Waals surface area contributed by atoms with E-state index in [-0.39, 0.29) is 24.0 Å². The average Bonchev–Trinajstić information content (AvgIpc) is 3.13. The van der Waals surface area contributed by atoms with Crippen LogP contribution in [0.3, 0.4) is 0 Å². The summed E-state index contributed by atoms with van der Waals surface area (Å²) in [6, 6.07) is 7.51.